The summed E-state index contributed by atoms with van der Waals surface area (Å²) in [6, 6.07) is 0.691. The Labute approximate surface area is 118 Å². The number of hydrogen-bond donors (Lipinski definition) is 2. The smallest absolute Gasteiger partial charge is 0.0613 e. The fourth-order valence-electron chi connectivity index (χ4n) is 4.11. The van der Waals surface area contributed by atoms with Crippen molar-refractivity contribution in [3.05, 3.63) is 0 Å². The normalized spacial score (nSPS) is 34.6. The van der Waals surface area contributed by atoms with E-state index in [0.29, 0.717) is 6.04 Å². The van der Waals surface area contributed by atoms with Crippen molar-refractivity contribution < 1.29 is 5.11 Å². The Morgan fingerprint density at radius 3 is 2.58 bits per heavy atom. The first-order chi connectivity index (χ1) is 9.23. The van der Waals surface area contributed by atoms with Crippen molar-refractivity contribution in [2.45, 2.75) is 69.9 Å². The summed E-state index contributed by atoms with van der Waals surface area (Å²) in [5.74, 6) is 0.969. The standard InChI is InChI=1S/C16H32N2O/c1-3-5-14-7-10-18(11-8-14)15-6-4-9-16(12-15,13-19)17-2/h14-15,17,19H,3-13H2,1-2H3. The van der Waals surface area contributed by atoms with E-state index in [0.717, 1.165) is 18.8 Å². The SMILES string of the molecule is CCCC1CCN(C2CCCC(CO)(NC)C2)CC1. The van der Waals surface area contributed by atoms with Gasteiger partial charge in [-0.1, -0.05) is 19.8 Å². The third-order valence-corrected chi connectivity index (χ3v) is 5.51. The number of aliphatic hydroxyl groups excluding tert-OH is 1. The van der Waals surface area contributed by atoms with Crippen molar-refractivity contribution in [1.82, 2.24) is 10.2 Å². The maximum atomic E-state index is 9.69. The van der Waals surface area contributed by atoms with Gasteiger partial charge in [-0.15, -0.1) is 0 Å². The predicted octanol–water partition coefficient (Wildman–Crippen LogP) is 2.39. The second kappa shape index (κ2) is 7.05. The number of likely N-dealkylation sites (tertiary alicyclic amines) is 1. The molecular weight excluding hydrogens is 236 g/mol. The molecule has 1 heterocycles. The molecular formula is C16H32N2O. The predicted molar refractivity (Wildman–Crippen MR) is 80.3 cm³/mol. The number of rotatable bonds is 5. The third kappa shape index (κ3) is 3.71. The molecule has 0 spiro atoms. The Morgan fingerprint density at radius 1 is 1.26 bits per heavy atom. The summed E-state index contributed by atoms with van der Waals surface area (Å²) in [6.45, 7) is 5.14. The zero-order valence-electron chi connectivity index (χ0n) is 12.8. The van der Waals surface area contributed by atoms with Gasteiger partial charge in [-0.05, 0) is 64.6 Å². The summed E-state index contributed by atoms with van der Waals surface area (Å²) in [6.07, 6.45) is 10.3. The average molecular weight is 268 g/mol. The van der Waals surface area contributed by atoms with Crippen LogP contribution in [0.3, 0.4) is 0 Å². The van der Waals surface area contributed by atoms with Crippen LogP contribution in [0.15, 0.2) is 0 Å². The number of likely N-dealkylation sites (N-methyl/N-ethyl adjacent to an activating group) is 1. The molecule has 2 unspecified atom stereocenters. The minimum Gasteiger partial charge on any atom is -0.394 e. The largest absolute Gasteiger partial charge is 0.394 e. The van der Waals surface area contributed by atoms with E-state index in [-0.39, 0.29) is 12.1 Å². The molecule has 1 aliphatic heterocycles. The Hall–Kier alpha value is -0.120. The van der Waals surface area contributed by atoms with Crippen LogP contribution in [-0.4, -0.2) is 48.3 Å². The lowest BCUT2D eigenvalue weighted by Gasteiger charge is -2.46. The van der Waals surface area contributed by atoms with Gasteiger partial charge < -0.3 is 15.3 Å². The highest BCUT2D eigenvalue weighted by Gasteiger charge is 2.37. The van der Waals surface area contributed by atoms with Crippen molar-refractivity contribution in [3.63, 3.8) is 0 Å². The van der Waals surface area contributed by atoms with Crippen LogP contribution in [0, 0.1) is 5.92 Å². The van der Waals surface area contributed by atoms with E-state index in [1.807, 2.05) is 7.05 Å². The van der Waals surface area contributed by atoms with Crippen molar-refractivity contribution >= 4 is 0 Å². The minimum absolute atomic E-state index is 0.0107. The molecule has 19 heavy (non-hydrogen) atoms. The van der Waals surface area contributed by atoms with Crippen LogP contribution < -0.4 is 5.32 Å². The average Bonchev–Trinajstić information content (AvgIpc) is 2.48. The van der Waals surface area contributed by atoms with E-state index in [9.17, 15) is 5.11 Å². The van der Waals surface area contributed by atoms with Gasteiger partial charge in [0.1, 0.15) is 0 Å². The maximum absolute atomic E-state index is 9.69. The van der Waals surface area contributed by atoms with Crippen LogP contribution in [0.2, 0.25) is 0 Å². The van der Waals surface area contributed by atoms with E-state index >= 15 is 0 Å². The number of nitrogens with one attached hydrogen (secondary N) is 1. The molecule has 0 radical (unpaired) electrons. The monoisotopic (exact) mass is 268 g/mol. The molecule has 2 fully saturated rings. The number of aliphatic hydroxyl groups is 1. The van der Waals surface area contributed by atoms with Gasteiger partial charge in [0.2, 0.25) is 0 Å². The highest BCUT2D eigenvalue weighted by molar-refractivity contribution is 4.96. The van der Waals surface area contributed by atoms with E-state index in [1.165, 1.54) is 51.6 Å². The van der Waals surface area contributed by atoms with Crippen LogP contribution in [0.1, 0.15) is 58.3 Å². The van der Waals surface area contributed by atoms with Crippen LogP contribution in [0.5, 0.6) is 0 Å². The lowest BCUT2D eigenvalue weighted by atomic mass is 9.78. The first kappa shape index (κ1) is 15.3. The van der Waals surface area contributed by atoms with Crippen LogP contribution >= 0.6 is 0 Å². The molecule has 2 rings (SSSR count). The summed E-state index contributed by atoms with van der Waals surface area (Å²) < 4.78 is 0. The zero-order valence-corrected chi connectivity index (χ0v) is 12.8. The zero-order chi connectivity index (χ0) is 13.7. The molecule has 112 valence electrons. The quantitative estimate of drug-likeness (QED) is 0.803. The number of nitrogens with zero attached hydrogens (tertiary/aromatic N) is 1. The lowest BCUT2D eigenvalue weighted by Crippen LogP contribution is -2.55. The Bertz CT molecular complexity index is 257. The summed E-state index contributed by atoms with van der Waals surface area (Å²) in [5, 5.41) is 13.1. The molecule has 0 aromatic rings. The van der Waals surface area contributed by atoms with Gasteiger partial charge >= 0.3 is 0 Å². The van der Waals surface area contributed by atoms with E-state index < -0.39 is 0 Å². The van der Waals surface area contributed by atoms with Gasteiger partial charge in [0.15, 0.2) is 0 Å². The van der Waals surface area contributed by atoms with Gasteiger partial charge in [0.05, 0.1) is 6.61 Å². The Kier molecular flexibility index (Phi) is 5.67. The molecule has 2 atom stereocenters. The van der Waals surface area contributed by atoms with Gasteiger partial charge in [0, 0.05) is 11.6 Å². The van der Waals surface area contributed by atoms with Gasteiger partial charge in [0.25, 0.3) is 0 Å². The summed E-state index contributed by atoms with van der Waals surface area (Å²) in [5.41, 5.74) is -0.0107. The summed E-state index contributed by atoms with van der Waals surface area (Å²) in [4.78, 5) is 2.70. The molecule has 0 aromatic carbocycles. The van der Waals surface area contributed by atoms with Crippen LogP contribution in [-0.2, 0) is 0 Å². The molecule has 2 N–H and O–H groups in total. The van der Waals surface area contributed by atoms with Gasteiger partial charge in [-0.25, -0.2) is 0 Å². The molecule has 0 bridgehead atoms. The van der Waals surface area contributed by atoms with Crippen molar-refractivity contribution in [3.8, 4) is 0 Å². The topological polar surface area (TPSA) is 35.5 Å². The minimum atomic E-state index is -0.0107. The van der Waals surface area contributed by atoms with E-state index in [2.05, 4.69) is 17.1 Å². The van der Waals surface area contributed by atoms with Gasteiger partial charge in [-0.2, -0.15) is 0 Å². The first-order valence-electron chi connectivity index (χ1n) is 8.27. The molecule has 1 saturated carbocycles. The van der Waals surface area contributed by atoms with Crippen LogP contribution in [0.25, 0.3) is 0 Å². The third-order valence-electron chi connectivity index (χ3n) is 5.51. The highest BCUT2D eigenvalue weighted by atomic mass is 16.3. The number of hydrogen-bond acceptors (Lipinski definition) is 3. The summed E-state index contributed by atoms with van der Waals surface area (Å²) in [7, 11) is 2.01. The Morgan fingerprint density at radius 2 is 2.00 bits per heavy atom. The second-order valence-corrected chi connectivity index (χ2v) is 6.71. The lowest BCUT2D eigenvalue weighted by molar-refractivity contribution is 0.0452. The molecule has 1 saturated heterocycles. The van der Waals surface area contributed by atoms with Crippen LogP contribution in [0.4, 0.5) is 0 Å². The Balaban J connectivity index is 1.85. The van der Waals surface area contributed by atoms with Crippen molar-refractivity contribution in [1.29, 1.82) is 0 Å². The highest BCUT2D eigenvalue weighted by Crippen LogP contribution is 2.33. The molecule has 3 nitrogen and oxygen atoms in total. The molecule has 0 amide bonds. The van der Waals surface area contributed by atoms with Gasteiger partial charge in [-0.3, -0.25) is 0 Å². The fourth-order valence-corrected chi connectivity index (χ4v) is 4.11. The van der Waals surface area contributed by atoms with Crippen molar-refractivity contribution in [2.24, 2.45) is 5.92 Å². The summed E-state index contributed by atoms with van der Waals surface area (Å²) >= 11 is 0. The molecule has 3 heteroatoms. The van der Waals surface area contributed by atoms with E-state index in [1.54, 1.807) is 0 Å². The van der Waals surface area contributed by atoms with E-state index in [4.69, 9.17) is 0 Å². The number of piperidine rings is 1. The maximum Gasteiger partial charge on any atom is 0.0613 e. The molecule has 1 aliphatic carbocycles. The fraction of sp³-hybridized carbons (Fsp3) is 1.00. The molecule has 2 aliphatic rings. The van der Waals surface area contributed by atoms with Crippen molar-refractivity contribution in [2.75, 3.05) is 26.7 Å². The first-order valence-corrected chi connectivity index (χ1v) is 8.27. The molecule has 0 aromatic heterocycles. The second-order valence-electron chi connectivity index (χ2n) is 6.71.